The summed E-state index contributed by atoms with van der Waals surface area (Å²) < 4.78 is 0. The molecule has 2 aromatic rings. The van der Waals surface area contributed by atoms with Crippen LogP contribution >= 0.6 is 0 Å². The Hall–Kier alpha value is -2.28. The molecule has 0 aliphatic heterocycles. The zero-order valence-corrected chi connectivity index (χ0v) is 10.7. The first-order valence-electron chi connectivity index (χ1n) is 6.42. The highest BCUT2D eigenvalue weighted by Crippen LogP contribution is 2.36. The third-order valence-corrected chi connectivity index (χ3v) is 3.83. The van der Waals surface area contributed by atoms with Gasteiger partial charge in [-0.25, -0.2) is 9.97 Å². The van der Waals surface area contributed by atoms with E-state index in [2.05, 4.69) is 15.3 Å². The van der Waals surface area contributed by atoms with Gasteiger partial charge in [0.25, 0.3) is 5.69 Å². The van der Waals surface area contributed by atoms with Crippen molar-refractivity contribution < 1.29 is 10.0 Å². The molecule has 0 radical (unpaired) electrons. The standard InChI is InChI=1S/C13H14N4O3/c18-7-13(4-1-5-13)16-12-10-6-9(17(19)20)2-3-11(10)14-8-15-12/h2-3,6,8,18H,1,4-5,7H2,(H,14,15,16). The van der Waals surface area contributed by atoms with E-state index in [9.17, 15) is 15.2 Å². The number of nitrogens with zero attached hydrogens (tertiary/aromatic N) is 3. The quantitative estimate of drug-likeness (QED) is 0.652. The summed E-state index contributed by atoms with van der Waals surface area (Å²) in [5.41, 5.74) is 0.286. The third kappa shape index (κ3) is 2.05. The Morgan fingerprint density at radius 1 is 1.40 bits per heavy atom. The number of rotatable bonds is 4. The lowest BCUT2D eigenvalue weighted by Crippen LogP contribution is -2.48. The molecule has 3 rings (SSSR count). The lowest BCUT2D eigenvalue weighted by atomic mass is 9.77. The molecule has 104 valence electrons. The van der Waals surface area contributed by atoms with Gasteiger partial charge in [-0.15, -0.1) is 0 Å². The molecule has 0 spiro atoms. The molecule has 7 heteroatoms. The minimum absolute atomic E-state index is 0.00186. The molecule has 0 saturated heterocycles. The summed E-state index contributed by atoms with van der Waals surface area (Å²) in [5, 5.41) is 24.2. The molecule has 0 bridgehead atoms. The largest absolute Gasteiger partial charge is 0.394 e. The summed E-state index contributed by atoms with van der Waals surface area (Å²) in [6.07, 6.45) is 4.20. The van der Waals surface area contributed by atoms with Crippen LogP contribution in [0.4, 0.5) is 11.5 Å². The number of nitro benzene ring substituents is 1. The van der Waals surface area contributed by atoms with Crippen LogP contribution in [-0.4, -0.2) is 32.1 Å². The maximum atomic E-state index is 10.9. The first-order valence-corrected chi connectivity index (χ1v) is 6.42. The van der Waals surface area contributed by atoms with E-state index < -0.39 is 4.92 Å². The van der Waals surface area contributed by atoms with Gasteiger partial charge in [-0.05, 0) is 25.3 Å². The molecule has 1 aromatic carbocycles. The Labute approximate surface area is 114 Å². The SMILES string of the molecule is O=[N+]([O-])c1ccc2ncnc(NC3(CO)CCC3)c2c1. The van der Waals surface area contributed by atoms with E-state index in [0.29, 0.717) is 16.7 Å². The van der Waals surface area contributed by atoms with Gasteiger partial charge in [0.2, 0.25) is 0 Å². The first-order chi connectivity index (χ1) is 9.63. The molecule has 1 aliphatic rings. The van der Waals surface area contributed by atoms with E-state index in [1.165, 1.54) is 18.5 Å². The highest BCUT2D eigenvalue weighted by Gasteiger charge is 2.36. The smallest absolute Gasteiger partial charge is 0.270 e. The number of aliphatic hydroxyl groups excluding tert-OH is 1. The summed E-state index contributed by atoms with van der Waals surface area (Å²) in [5.74, 6) is 0.535. The minimum atomic E-state index is -0.443. The van der Waals surface area contributed by atoms with Crippen molar-refractivity contribution in [1.29, 1.82) is 0 Å². The number of anilines is 1. The van der Waals surface area contributed by atoms with Gasteiger partial charge in [-0.1, -0.05) is 0 Å². The van der Waals surface area contributed by atoms with Crippen LogP contribution in [0.5, 0.6) is 0 Å². The lowest BCUT2D eigenvalue weighted by Gasteiger charge is -2.41. The average molecular weight is 274 g/mol. The van der Waals surface area contributed by atoms with E-state index >= 15 is 0 Å². The summed E-state index contributed by atoms with van der Waals surface area (Å²) in [7, 11) is 0. The summed E-state index contributed by atoms with van der Waals surface area (Å²) in [6.45, 7) is 0.0213. The van der Waals surface area contributed by atoms with Gasteiger partial charge >= 0.3 is 0 Å². The van der Waals surface area contributed by atoms with Crippen LogP contribution in [0.15, 0.2) is 24.5 Å². The Morgan fingerprint density at radius 2 is 2.20 bits per heavy atom. The zero-order chi connectivity index (χ0) is 14.2. The van der Waals surface area contributed by atoms with E-state index in [1.54, 1.807) is 6.07 Å². The zero-order valence-electron chi connectivity index (χ0n) is 10.7. The average Bonchev–Trinajstić information content (AvgIpc) is 2.42. The molecule has 0 amide bonds. The third-order valence-electron chi connectivity index (χ3n) is 3.83. The predicted molar refractivity (Wildman–Crippen MR) is 73.5 cm³/mol. The Bertz CT molecular complexity index is 664. The molecule has 20 heavy (non-hydrogen) atoms. The summed E-state index contributed by atoms with van der Waals surface area (Å²) >= 11 is 0. The van der Waals surface area contributed by atoms with Crippen LogP contribution in [0, 0.1) is 10.1 Å². The number of benzene rings is 1. The topological polar surface area (TPSA) is 101 Å². The van der Waals surface area contributed by atoms with E-state index in [4.69, 9.17) is 0 Å². The molecule has 7 nitrogen and oxygen atoms in total. The van der Waals surface area contributed by atoms with Crippen LogP contribution in [0.1, 0.15) is 19.3 Å². The van der Waals surface area contributed by atoms with Crippen molar-refractivity contribution in [2.45, 2.75) is 24.8 Å². The fourth-order valence-electron chi connectivity index (χ4n) is 2.44. The first kappa shape index (κ1) is 12.7. The van der Waals surface area contributed by atoms with E-state index in [1.807, 2.05) is 0 Å². The Kier molecular flexibility index (Phi) is 2.98. The van der Waals surface area contributed by atoms with Gasteiger partial charge in [0.1, 0.15) is 12.1 Å². The van der Waals surface area contributed by atoms with Crippen LogP contribution in [0.3, 0.4) is 0 Å². The van der Waals surface area contributed by atoms with Crippen molar-refractivity contribution in [1.82, 2.24) is 9.97 Å². The number of aromatic nitrogens is 2. The molecule has 1 fully saturated rings. The molecule has 1 saturated carbocycles. The fraction of sp³-hybridized carbons (Fsp3) is 0.385. The molecule has 1 aliphatic carbocycles. The predicted octanol–water partition coefficient (Wildman–Crippen LogP) is 1.86. The van der Waals surface area contributed by atoms with Gasteiger partial charge in [-0.2, -0.15) is 0 Å². The maximum Gasteiger partial charge on any atom is 0.270 e. The monoisotopic (exact) mass is 274 g/mol. The van der Waals surface area contributed by atoms with Crippen LogP contribution in [0.25, 0.3) is 10.9 Å². The number of non-ortho nitro benzene ring substituents is 1. The highest BCUT2D eigenvalue weighted by molar-refractivity contribution is 5.90. The molecule has 1 heterocycles. The number of nitrogens with one attached hydrogen (secondary N) is 1. The van der Waals surface area contributed by atoms with Crippen LogP contribution in [0.2, 0.25) is 0 Å². The van der Waals surface area contributed by atoms with Gasteiger partial charge in [0.15, 0.2) is 0 Å². The Morgan fingerprint density at radius 3 is 2.80 bits per heavy atom. The van der Waals surface area contributed by atoms with Crippen molar-refractivity contribution in [3.8, 4) is 0 Å². The normalized spacial score (nSPS) is 16.6. The molecular formula is C13H14N4O3. The number of aliphatic hydroxyl groups is 1. The van der Waals surface area contributed by atoms with E-state index in [0.717, 1.165) is 19.3 Å². The Balaban J connectivity index is 2.05. The second-order valence-corrected chi connectivity index (χ2v) is 5.10. The van der Waals surface area contributed by atoms with Crippen LogP contribution < -0.4 is 5.32 Å². The minimum Gasteiger partial charge on any atom is -0.394 e. The number of fused-ring (bicyclic) bond motifs is 1. The second kappa shape index (κ2) is 4.68. The summed E-state index contributed by atoms with van der Waals surface area (Å²) in [6, 6.07) is 4.48. The van der Waals surface area contributed by atoms with Crippen molar-refractivity contribution in [2.75, 3.05) is 11.9 Å². The second-order valence-electron chi connectivity index (χ2n) is 5.10. The van der Waals surface area contributed by atoms with E-state index in [-0.39, 0.29) is 17.8 Å². The molecule has 0 atom stereocenters. The van der Waals surface area contributed by atoms with Crippen molar-refractivity contribution in [3.63, 3.8) is 0 Å². The molecule has 2 N–H and O–H groups in total. The van der Waals surface area contributed by atoms with Gasteiger partial charge in [0.05, 0.1) is 22.6 Å². The van der Waals surface area contributed by atoms with Gasteiger partial charge in [0, 0.05) is 17.5 Å². The molecular weight excluding hydrogens is 260 g/mol. The molecule has 0 unspecified atom stereocenters. The molecule has 1 aromatic heterocycles. The number of hydrogen-bond donors (Lipinski definition) is 2. The highest BCUT2D eigenvalue weighted by atomic mass is 16.6. The number of nitro groups is 1. The van der Waals surface area contributed by atoms with Crippen molar-refractivity contribution >= 4 is 22.4 Å². The van der Waals surface area contributed by atoms with Gasteiger partial charge < -0.3 is 10.4 Å². The lowest BCUT2D eigenvalue weighted by molar-refractivity contribution is -0.384. The number of hydrogen-bond acceptors (Lipinski definition) is 6. The summed E-state index contributed by atoms with van der Waals surface area (Å²) in [4.78, 5) is 18.7. The fourth-order valence-corrected chi connectivity index (χ4v) is 2.44. The van der Waals surface area contributed by atoms with Gasteiger partial charge in [-0.3, -0.25) is 10.1 Å². The van der Waals surface area contributed by atoms with Crippen LogP contribution in [-0.2, 0) is 0 Å². The van der Waals surface area contributed by atoms with Crippen molar-refractivity contribution in [2.24, 2.45) is 0 Å². The van der Waals surface area contributed by atoms with Crippen molar-refractivity contribution in [3.05, 3.63) is 34.6 Å². The maximum absolute atomic E-state index is 10.9.